The summed E-state index contributed by atoms with van der Waals surface area (Å²) in [6.45, 7) is 11.3. The first-order valence-electron chi connectivity index (χ1n) is 17.0. The first-order valence-corrected chi connectivity index (χ1v) is 17.0. The van der Waals surface area contributed by atoms with Gasteiger partial charge in [0.1, 0.15) is 19.0 Å². The van der Waals surface area contributed by atoms with Crippen LogP contribution in [0.25, 0.3) is 0 Å². The molecular weight excluding hydrogens is 616 g/mol. The van der Waals surface area contributed by atoms with Gasteiger partial charge in [-0.3, -0.25) is 14.4 Å². The second kappa shape index (κ2) is 20.6. The molecule has 2 amide bonds. The van der Waals surface area contributed by atoms with Crippen LogP contribution in [-0.4, -0.2) is 47.7 Å². The summed E-state index contributed by atoms with van der Waals surface area (Å²) in [4.78, 5) is 39.6. The monoisotopic (exact) mass is 668 g/mol. The molecule has 0 fully saturated rings. The molecule has 0 heterocycles. The minimum Gasteiger partial charge on any atom is -0.489 e. The number of aliphatic hydroxyl groups is 1. The molecule has 0 aliphatic rings. The quantitative estimate of drug-likeness (QED) is 0.0639. The van der Waals surface area contributed by atoms with Gasteiger partial charge in [0.15, 0.2) is 0 Å². The molecule has 3 atom stereocenters. The summed E-state index contributed by atoms with van der Waals surface area (Å²) in [7, 11) is 0. The van der Waals surface area contributed by atoms with Crippen LogP contribution in [-0.2, 0) is 38.6 Å². The summed E-state index contributed by atoms with van der Waals surface area (Å²) < 4.78 is 11.6. The number of unbranched alkanes of at least 4 members (excludes halogenated alkanes) is 1. The summed E-state index contributed by atoms with van der Waals surface area (Å²) in [5.41, 5.74) is 2.19. The molecular formula is C41H52N2O6. The zero-order chi connectivity index (χ0) is 35.5. The largest absolute Gasteiger partial charge is 0.489 e. The van der Waals surface area contributed by atoms with Gasteiger partial charge in [0.2, 0.25) is 11.8 Å². The van der Waals surface area contributed by atoms with Crippen molar-refractivity contribution in [2.24, 2.45) is 11.8 Å². The van der Waals surface area contributed by atoms with Crippen LogP contribution in [0.1, 0.15) is 62.6 Å². The van der Waals surface area contributed by atoms with Crippen molar-refractivity contribution in [3.8, 4) is 5.75 Å². The molecule has 0 bridgehead atoms. The van der Waals surface area contributed by atoms with Gasteiger partial charge in [0.05, 0.1) is 30.0 Å². The van der Waals surface area contributed by atoms with E-state index in [2.05, 4.69) is 23.8 Å². The van der Waals surface area contributed by atoms with E-state index in [1.165, 1.54) is 0 Å². The van der Waals surface area contributed by atoms with Crippen molar-refractivity contribution in [2.45, 2.75) is 77.0 Å². The number of nitrogens with one attached hydrogen (secondary N) is 2. The number of benzene rings is 3. The van der Waals surface area contributed by atoms with Crippen LogP contribution in [0.2, 0.25) is 0 Å². The minimum absolute atomic E-state index is 0.0139. The maximum Gasteiger partial charge on any atom is 0.309 e. The van der Waals surface area contributed by atoms with E-state index in [0.29, 0.717) is 25.9 Å². The van der Waals surface area contributed by atoms with Gasteiger partial charge >= 0.3 is 5.97 Å². The number of ether oxygens (including phenoxy) is 2. The van der Waals surface area contributed by atoms with Gasteiger partial charge in [-0.2, -0.15) is 0 Å². The first kappa shape index (κ1) is 38.8. The molecule has 0 radical (unpaired) electrons. The number of rotatable bonds is 22. The van der Waals surface area contributed by atoms with E-state index in [9.17, 15) is 19.5 Å². The van der Waals surface area contributed by atoms with Gasteiger partial charge in [-0.15, -0.1) is 13.2 Å². The van der Waals surface area contributed by atoms with Crippen LogP contribution in [0, 0.1) is 11.8 Å². The predicted octanol–water partition coefficient (Wildman–Crippen LogP) is 6.52. The van der Waals surface area contributed by atoms with E-state index in [0.717, 1.165) is 35.3 Å². The van der Waals surface area contributed by atoms with E-state index in [4.69, 9.17) is 9.47 Å². The lowest BCUT2D eigenvalue weighted by atomic mass is 9.94. The Labute approximate surface area is 291 Å². The molecule has 0 saturated heterocycles. The van der Waals surface area contributed by atoms with Crippen molar-refractivity contribution >= 4 is 17.8 Å². The van der Waals surface area contributed by atoms with Crippen molar-refractivity contribution < 1.29 is 29.0 Å². The first-order chi connectivity index (χ1) is 23.6. The second-order valence-electron chi connectivity index (χ2n) is 13.1. The molecule has 3 aromatic carbocycles. The standard InChI is InChI=1S/C41H52N2O6/c1-5-7-10-20-35(25-31-16-11-8-12-17-31)40(47)49-30-41(3,4)43-39(46)34(15-6-2)27-38(45)42-36(28-44)26-32-21-23-37(24-22-32)48-29-33-18-13-9-14-19-33/h5-6,8-9,11-14,16-19,21-24,34-36,44H,1-2,7,10,15,20,25-30H2,3-4H3,(H,42,45)(H,43,46)/t34-,35+,36-/m0/s1. The fraction of sp³-hybridized carbons (Fsp3) is 0.390. The maximum absolute atomic E-state index is 13.4. The van der Waals surface area contributed by atoms with Gasteiger partial charge in [-0.1, -0.05) is 84.9 Å². The maximum atomic E-state index is 13.4. The van der Waals surface area contributed by atoms with Crippen molar-refractivity contribution in [3.05, 3.63) is 127 Å². The molecule has 49 heavy (non-hydrogen) atoms. The van der Waals surface area contributed by atoms with Crippen molar-refractivity contribution in [1.82, 2.24) is 10.6 Å². The summed E-state index contributed by atoms with van der Waals surface area (Å²) in [6, 6.07) is 26.7. The Morgan fingerprint density at radius 3 is 2.08 bits per heavy atom. The zero-order valence-electron chi connectivity index (χ0n) is 28.9. The van der Waals surface area contributed by atoms with Gasteiger partial charge in [-0.05, 0) is 81.2 Å². The normalized spacial score (nSPS) is 13.0. The third-order valence-corrected chi connectivity index (χ3v) is 8.15. The Hall–Kier alpha value is -4.69. The predicted molar refractivity (Wildman–Crippen MR) is 194 cm³/mol. The van der Waals surface area contributed by atoms with Crippen LogP contribution in [0.15, 0.2) is 110 Å². The Morgan fingerprint density at radius 2 is 1.47 bits per heavy atom. The fourth-order valence-electron chi connectivity index (χ4n) is 5.45. The topological polar surface area (TPSA) is 114 Å². The highest BCUT2D eigenvalue weighted by Crippen LogP contribution is 2.20. The smallest absolute Gasteiger partial charge is 0.309 e. The summed E-state index contributed by atoms with van der Waals surface area (Å²) in [5, 5.41) is 15.8. The lowest BCUT2D eigenvalue weighted by Gasteiger charge is -2.29. The van der Waals surface area contributed by atoms with Gasteiger partial charge in [0, 0.05) is 6.42 Å². The molecule has 0 spiro atoms. The highest BCUT2D eigenvalue weighted by Gasteiger charge is 2.30. The SMILES string of the molecule is C=CCCC[C@H](Cc1ccccc1)C(=O)OCC(C)(C)NC(=O)[C@@H](CC=C)CC(=O)N[C@H](CO)Cc1ccc(OCc2ccccc2)cc1. The van der Waals surface area contributed by atoms with E-state index < -0.39 is 17.5 Å². The fourth-order valence-corrected chi connectivity index (χ4v) is 5.45. The molecule has 3 rings (SSSR count). The lowest BCUT2D eigenvalue weighted by Crippen LogP contribution is -2.50. The second-order valence-corrected chi connectivity index (χ2v) is 13.1. The number of allylic oxidation sites excluding steroid dienone is 2. The van der Waals surface area contributed by atoms with Gasteiger partial charge in [0.25, 0.3) is 0 Å². The van der Waals surface area contributed by atoms with Crippen molar-refractivity contribution in [1.29, 1.82) is 0 Å². The number of carbonyl (C=O) groups is 3. The molecule has 8 nitrogen and oxygen atoms in total. The van der Waals surface area contributed by atoms with Crippen molar-refractivity contribution in [3.63, 3.8) is 0 Å². The zero-order valence-corrected chi connectivity index (χ0v) is 28.9. The van der Waals surface area contributed by atoms with Crippen LogP contribution in [0.4, 0.5) is 0 Å². The van der Waals surface area contributed by atoms with Crippen LogP contribution < -0.4 is 15.4 Å². The highest BCUT2D eigenvalue weighted by atomic mass is 16.5. The minimum atomic E-state index is -0.869. The van der Waals surface area contributed by atoms with Crippen LogP contribution in [0.5, 0.6) is 5.75 Å². The number of aliphatic hydroxyl groups excluding tert-OH is 1. The molecule has 8 heteroatoms. The number of hydrogen-bond acceptors (Lipinski definition) is 6. The highest BCUT2D eigenvalue weighted by molar-refractivity contribution is 5.86. The van der Waals surface area contributed by atoms with E-state index >= 15 is 0 Å². The van der Waals surface area contributed by atoms with E-state index in [-0.39, 0.29) is 49.8 Å². The van der Waals surface area contributed by atoms with Crippen LogP contribution >= 0.6 is 0 Å². The summed E-state index contributed by atoms with van der Waals surface area (Å²) >= 11 is 0. The van der Waals surface area contributed by atoms with E-state index in [1.807, 2.05) is 91.0 Å². The van der Waals surface area contributed by atoms with E-state index in [1.54, 1.807) is 19.9 Å². The average molecular weight is 669 g/mol. The Balaban J connectivity index is 1.50. The average Bonchev–Trinajstić information content (AvgIpc) is 3.10. The molecule has 0 saturated carbocycles. The van der Waals surface area contributed by atoms with Crippen LogP contribution in [0.3, 0.4) is 0 Å². The van der Waals surface area contributed by atoms with Crippen molar-refractivity contribution in [2.75, 3.05) is 13.2 Å². The Morgan fingerprint density at radius 1 is 0.837 bits per heavy atom. The third kappa shape index (κ3) is 14.5. The number of amides is 2. The summed E-state index contributed by atoms with van der Waals surface area (Å²) in [6.07, 6.45) is 6.95. The molecule has 0 aliphatic carbocycles. The molecule has 3 N–H and O–H groups in total. The van der Waals surface area contributed by atoms with Gasteiger partial charge < -0.3 is 25.2 Å². The molecule has 0 aromatic heterocycles. The number of esters is 1. The molecule has 3 aromatic rings. The number of carbonyl (C=O) groups excluding carboxylic acids is 3. The Kier molecular flexibility index (Phi) is 16.3. The summed E-state index contributed by atoms with van der Waals surface area (Å²) in [5.74, 6) is -1.26. The molecule has 262 valence electrons. The van der Waals surface area contributed by atoms with Gasteiger partial charge in [-0.25, -0.2) is 0 Å². The molecule has 0 unspecified atom stereocenters. The third-order valence-electron chi connectivity index (χ3n) is 8.15. The number of hydrogen-bond donors (Lipinski definition) is 3. The Bertz CT molecular complexity index is 1460. The molecule has 0 aliphatic heterocycles. The lowest BCUT2D eigenvalue weighted by molar-refractivity contribution is -0.151.